The largest absolute Gasteiger partial charge is 0.457 e. The number of nitrogens with zero attached hydrogens (tertiary/aromatic N) is 2. The van der Waals surface area contributed by atoms with Crippen LogP contribution in [0.25, 0.3) is 39.1 Å². The minimum Gasteiger partial charge on any atom is -0.457 e. The number of nitrogens with one attached hydrogen (secondary N) is 1. The molecule has 2 aliphatic heterocycles. The molecule has 4 heteroatoms. The molecule has 9 rings (SSSR count). The maximum absolute atomic E-state index is 6.49. The van der Waals surface area contributed by atoms with E-state index in [4.69, 9.17) is 14.7 Å². The normalized spacial score (nSPS) is 15.4. The third-order valence-corrected chi connectivity index (χ3v) is 8.75. The standard InChI is InChI=1S/C38H25N3O/c1-2-11-24(12-3-1)35-28-13-4-7-17-32(28)40-37(41-35)25-20-21-26-27-14-10-22-39-36(27)38(31(26)23-25)29-15-5-8-18-33(29)42-34-19-9-6-16-30(34)38/h1-21,23,39H,22H2. The first-order chi connectivity index (χ1) is 20.8. The van der Waals surface area contributed by atoms with Gasteiger partial charge in [-0.15, -0.1) is 0 Å². The molecule has 1 spiro atoms. The average Bonchev–Trinajstić information content (AvgIpc) is 3.35. The maximum Gasteiger partial charge on any atom is 0.160 e. The minimum absolute atomic E-state index is 0.546. The van der Waals surface area contributed by atoms with Crippen molar-refractivity contribution >= 4 is 16.5 Å². The van der Waals surface area contributed by atoms with Gasteiger partial charge < -0.3 is 10.1 Å². The Morgan fingerprint density at radius 1 is 0.643 bits per heavy atom. The highest BCUT2D eigenvalue weighted by Gasteiger charge is 2.52. The van der Waals surface area contributed by atoms with Gasteiger partial charge in [0.25, 0.3) is 0 Å². The van der Waals surface area contributed by atoms with Gasteiger partial charge in [0.2, 0.25) is 0 Å². The van der Waals surface area contributed by atoms with Crippen molar-refractivity contribution in [2.45, 2.75) is 5.41 Å². The Morgan fingerprint density at radius 2 is 1.36 bits per heavy atom. The third kappa shape index (κ3) is 3.12. The van der Waals surface area contributed by atoms with Crippen LogP contribution in [0.15, 0.2) is 139 Å². The Morgan fingerprint density at radius 3 is 2.17 bits per heavy atom. The number of aromatic nitrogens is 2. The van der Waals surface area contributed by atoms with Gasteiger partial charge in [-0.3, -0.25) is 0 Å². The van der Waals surface area contributed by atoms with Crippen molar-refractivity contribution in [3.8, 4) is 34.1 Å². The Labute approximate surface area is 243 Å². The van der Waals surface area contributed by atoms with E-state index in [-0.39, 0.29) is 0 Å². The van der Waals surface area contributed by atoms with Crippen molar-refractivity contribution in [2.24, 2.45) is 0 Å². The quantitative estimate of drug-likeness (QED) is 0.241. The fourth-order valence-electron chi connectivity index (χ4n) is 7.01. The molecule has 0 amide bonds. The van der Waals surface area contributed by atoms with Gasteiger partial charge in [0.15, 0.2) is 5.82 Å². The van der Waals surface area contributed by atoms with E-state index in [0.29, 0.717) is 5.82 Å². The summed E-state index contributed by atoms with van der Waals surface area (Å²) in [6.07, 6.45) is 4.46. The zero-order chi connectivity index (χ0) is 27.7. The van der Waals surface area contributed by atoms with Crippen molar-refractivity contribution in [3.05, 3.63) is 161 Å². The molecule has 0 unspecified atom stereocenters. The van der Waals surface area contributed by atoms with Gasteiger partial charge in [-0.25, -0.2) is 9.97 Å². The number of para-hydroxylation sites is 3. The van der Waals surface area contributed by atoms with Gasteiger partial charge in [-0.2, -0.15) is 0 Å². The van der Waals surface area contributed by atoms with Crippen LogP contribution in [0.2, 0.25) is 0 Å². The van der Waals surface area contributed by atoms with Crippen molar-refractivity contribution in [1.82, 2.24) is 15.3 Å². The fraction of sp³-hybridized carbons (Fsp3) is 0.0526. The molecule has 1 aromatic heterocycles. The van der Waals surface area contributed by atoms with Crippen molar-refractivity contribution in [1.29, 1.82) is 0 Å². The lowest BCUT2D eigenvalue weighted by Gasteiger charge is -2.41. The molecule has 3 heterocycles. The number of allylic oxidation sites excluding steroid dienone is 3. The highest BCUT2D eigenvalue weighted by atomic mass is 16.5. The first-order valence-corrected chi connectivity index (χ1v) is 14.3. The number of ether oxygens (including phenoxy) is 1. The summed E-state index contributed by atoms with van der Waals surface area (Å²) in [4.78, 5) is 10.3. The van der Waals surface area contributed by atoms with Gasteiger partial charge in [0, 0.05) is 45.5 Å². The minimum atomic E-state index is -0.546. The van der Waals surface area contributed by atoms with Gasteiger partial charge in [0.1, 0.15) is 11.5 Å². The predicted octanol–water partition coefficient (Wildman–Crippen LogP) is 8.29. The van der Waals surface area contributed by atoms with E-state index in [9.17, 15) is 0 Å². The van der Waals surface area contributed by atoms with Crippen LogP contribution in [0.3, 0.4) is 0 Å². The van der Waals surface area contributed by atoms with Crippen LogP contribution < -0.4 is 10.1 Å². The smallest absolute Gasteiger partial charge is 0.160 e. The van der Waals surface area contributed by atoms with Crippen LogP contribution in [0, 0.1) is 0 Å². The molecule has 0 fully saturated rings. The molecule has 0 bridgehead atoms. The molecule has 0 saturated heterocycles. The number of rotatable bonds is 2. The molecule has 6 aromatic rings. The lowest BCUT2D eigenvalue weighted by Crippen LogP contribution is -2.39. The second-order valence-corrected chi connectivity index (χ2v) is 11.0. The van der Waals surface area contributed by atoms with Crippen molar-refractivity contribution in [3.63, 3.8) is 0 Å². The van der Waals surface area contributed by atoms with Crippen LogP contribution in [-0.4, -0.2) is 16.5 Å². The summed E-state index contributed by atoms with van der Waals surface area (Å²) in [6, 6.07) is 42.2. The second kappa shape index (κ2) is 8.76. The summed E-state index contributed by atoms with van der Waals surface area (Å²) in [5.74, 6) is 2.48. The number of hydrogen-bond donors (Lipinski definition) is 1. The van der Waals surface area contributed by atoms with Crippen LogP contribution >= 0.6 is 0 Å². The topological polar surface area (TPSA) is 47.0 Å². The Hall–Kier alpha value is -5.48. The van der Waals surface area contributed by atoms with Crippen LogP contribution in [0.4, 0.5) is 0 Å². The Balaban J connectivity index is 1.34. The molecule has 4 nitrogen and oxygen atoms in total. The number of fused-ring (bicyclic) bond motifs is 9. The predicted molar refractivity (Wildman–Crippen MR) is 167 cm³/mol. The van der Waals surface area contributed by atoms with Gasteiger partial charge >= 0.3 is 0 Å². The zero-order valence-corrected chi connectivity index (χ0v) is 22.7. The average molecular weight is 540 g/mol. The monoisotopic (exact) mass is 539 g/mol. The van der Waals surface area contributed by atoms with Gasteiger partial charge in [-0.05, 0) is 35.4 Å². The zero-order valence-electron chi connectivity index (χ0n) is 22.7. The SMILES string of the molecule is C1=CC2=C(NC1)C1(c3ccccc3Oc3ccccc31)c1cc(-c3nc(-c4ccccc4)c4ccccc4n3)ccc12. The molecule has 5 aromatic carbocycles. The van der Waals surface area contributed by atoms with E-state index in [1.807, 2.05) is 30.3 Å². The summed E-state index contributed by atoms with van der Waals surface area (Å²) in [5.41, 5.74) is 10.5. The van der Waals surface area contributed by atoms with Crippen LogP contribution in [0.1, 0.15) is 22.3 Å². The number of dihydropyridines is 1. The molecular weight excluding hydrogens is 514 g/mol. The third-order valence-electron chi connectivity index (χ3n) is 8.75. The van der Waals surface area contributed by atoms with E-state index in [1.165, 1.54) is 22.4 Å². The molecule has 3 aliphatic rings. The highest BCUT2D eigenvalue weighted by molar-refractivity contribution is 5.95. The van der Waals surface area contributed by atoms with Gasteiger partial charge in [0.05, 0.1) is 16.6 Å². The van der Waals surface area contributed by atoms with E-state index >= 15 is 0 Å². The van der Waals surface area contributed by atoms with E-state index in [2.05, 4.69) is 108 Å². The van der Waals surface area contributed by atoms with Crippen LogP contribution in [0.5, 0.6) is 11.5 Å². The summed E-state index contributed by atoms with van der Waals surface area (Å²) >= 11 is 0. The molecule has 198 valence electrons. The lowest BCUT2D eigenvalue weighted by molar-refractivity contribution is 0.429. The summed E-state index contributed by atoms with van der Waals surface area (Å²) in [7, 11) is 0. The maximum atomic E-state index is 6.49. The lowest BCUT2D eigenvalue weighted by atomic mass is 9.67. The summed E-state index contributed by atoms with van der Waals surface area (Å²) < 4.78 is 6.49. The van der Waals surface area contributed by atoms with E-state index in [0.717, 1.165) is 56.9 Å². The molecule has 42 heavy (non-hydrogen) atoms. The molecule has 0 saturated carbocycles. The molecule has 1 N–H and O–H groups in total. The van der Waals surface area contributed by atoms with Crippen molar-refractivity contribution < 1.29 is 4.74 Å². The molecule has 0 radical (unpaired) electrons. The molecule has 1 aliphatic carbocycles. The first kappa shape index (κ1) is 23.2. The highest BCUT2D eigenvalue weighted by Crippen LogP contribution is 2.61. The van der Waals surface area contributed by atoms with Crippen molar-refractivity contribution in [2.75, 3.05) is 6.54 Å². The summed E-state index contributed by atoms with van der Waals surface area (Å²) in [5, 5.41) is 4.84. The van der Waals surface area contributed by atoms with Crippen LogP contribution in [-0.2, 0) is 5.41 Å². The molecule has 0 atom stereocenters. The summed E-state index contributed by atoms with van der Waals surface area (Å²) in [6.45, 7) is 0.779. The first-order valence-electron chi connectivity index (χ1n) is 14.3. The van der Waals surface area contributed by atoms with E-state index < -0.39 is 5.41 Å². The van der Waals surface area contributed by atoms with E-state index in [1.54, 1.807) is 0 Å². The second-order valence-electron chi connectivity index (χ2n) is 11.0. The van der Waals surface area contributed by atoms with Gasteiger partial charge in [-0.1, -0.05) is 109 Å². The number of benzene rings is 5. The Kier molecular flexibility index (Phi) is 4.85. The Bertz CT molecular complexity index is 2080. The number of hydrogen-bond acceptors (Lipinski definition) is 4. The molecular formula is C38H25N3O. The fourth-order valence-corrected chi connectivity index (χ4v) is 7.01.